The molecule has 1 aliphatic heterocycles. The van der Waals surface area contributed by atoms with Crippen LogP contribution in [0.2, 0.25) is 16.6 Å². The van der Waals surface area contributed by atoms with Crippen LogP contribution in [0.25, 0.3) is 0 Å². The van der Waals surface area contributed by atoms with Gasteiger partial charge < -0.3 is 9.16 Å². The summed E-state index contributed by atoms with van der Waals surface area (Å²) >= 11 is 0. The first-order valence-electron chi connectivity index (χ1n) is 8.79. The number of rotatable bonds is 5. The molecule has 0 amide bonds. The van der Waals surface area contributed by atoms with Gasteiger partial charge in [-0.15, -0.1) is 0 Å². The van der Waals surface area contributed by atoms with E-state index in [0.29, 0.717) is 29.7 Å². The van der Waals surface area contributed by atoms with Gasteiger partial charge in [0.1, 0.15) is 5.60 Å². The zero-order valence-corrected chi connectivity index (χ0v) is 16.0. The quantitative estimate of drug-likeness (QED) is 0.546. The van der Waals surface area contributed by atoms with E-state index in [9.17, 15) is 4.79 Å². The van der Waals surface area contributed by atoms with E-state index < -0.39 is 13.9 Å². The number of ketones is 1. The average molecular weight is 325 g/mol. The molecule has 126 valence electrons. The van der Waals surface area contributed by atoms with Gasteiger partial charge in [-0.1, -0.05) is 47.6 Å². The number of Topliss-reactive ketones (excluding diaryl/α,β-unsaturated/α-hetero) is 1. The third kappa shape index (κ3) is 2.97. The second-order valence-electron chi connectivity index (χ2n) is 7.81. The van der Waals surface area contributed by atoms with Crippen LogP contribution in [0.15, 0.2) is 12.2 Å². The Bertz CT molecular complexity index is 420. The van der Waals surface area contributed by atoms with Crippen molar-refractivity contribution in [1.82, 2.24) is 0 Å². The summed E-state index contributed by atoms with van der Waals surface area (Å²) < 4.78 is 12.7. The second kappa shape index (κ2) is 6.58. The van der Waals surface area contributed by atoms with Crippen LogP contribution in [-0.4, -0.2) is 32.4 Å². The topological polar surface area (TPSA) is 35.5 Å². The molecule has 0 aromatic heterocycles. The van der Waals surface area contributed by atoms with Crippen molar-refractivity contribution in [3.05, 3.63) is 12.2 Å². The molecule has 0 N–H and O–H groups in total. The van der Waals surface area contributed by atoms with Crippen LogP contribution in [0.5, 0.6) is 0 Å². The molecule has 0 aromatic carbocycles. The van der Waals surface area contributed by atoms with Gasteiger partial charge in [-0.25, -0.2) is 0 Å². The zero-order valence-electron chi connectivity index (χ0n) is 15.0. The van der Waals surface area contributed by atoms with Crippen molar-refractivity contribution in [2.24, 2.45) is 0 Å². The molecule has 0 aromatic rings. The Labute approximate surface area is 136 Å². The van der Waals surface area contributed by atoms with Gasteiger partial charge >= 0.3 is 0 Å². The molecule has 0 radical (unpaired) electrons. The Morgan fingerprint density at radius 3 is 2.14 bits per heavy atom. The van der Waals surface area contributed by atoms with Crippen molar-refractivity contribution in [1.29, 1.82) is 0 Å². The molecular formula is C18H32O3Si. The highest BCUT2D eigenvalue weighted by molar-refractivity contribution is 6.77. The first kappa shape index (κ1) is 17.9. The van der Waals surface area contributed by atoms with Gasteiger partial charge in [-0.3, -0.25) is 4.79 Å². The highest BCUT2D eigenvalue weighted by Gasteiger charge is 2.48. The molecule has 0 bridgehead atoms. The molecule has 1 unspecified atom stereocenters. The van der Waals surface area contributed by atoms with Crippen molar-refractivity contribution < 1.29 is 14.0 Å². The van der Waals surface area contributed by atoms with Crippen LogP contribution in [0, 0.1) is 0 Å². The maximum atomic E-state index is 12.1. The van der Waals surface area contributed by atoms with E-state index in [1.165, 1.54) is 0 Å². The third-order valence-electron chi connectivity index (χ3n) is 5.57. The van der Waals surface area contributed by atoms with Gasteiger partial charge in [0.15, 0.2) is 5.78 Å². The van der Waals surface area contributed by atoms with Gasteiger partial charge in [0.2, 0.25) is 8.32 Å². The summed E-state index contributed by atoms with van der Waals surface area (Å²) in [5.74, 6) is 0.238. The van der Waals surface area contributed by atoms with Gasteiger partial charge in [0, 0.05) is 6.42 Å². The predicted molar refractivity (Wildman–Crippen MR) is 92.6 cm³/mol. The molecule has 1 saturated carbocycles. The summed E-state index contributed by atoms with van der Waals surface area (Å²) in [5.41, 5.74) is 1.05. The molecule has 1 fully saturated rings. The maximum Gasteiger partial charge on any atom is 0.201 e. The van der Waals surface area contributed by atoms with E-state index in [4.69, 9.17) is 9.16 Å². The molecule has 1 heterocycles. The van der Waals surface area contributed by atoms with Crippen LogP contribution in [0.1, 0.15) is 60.8 Å². The molecule has 1 aliphatic carbocycles. The largest absolute Gasteiger partial charge is 0.407 e. The molecule has 22 heavy (non-hydrogen) atoms. The van der Waals surface area contributed by atoms with E-state index in [-0.39, 0.29) is 11.9 Å². The minimum Gasteiger partial charge on any atom is -0.407 e. The summed E-state index contributed by atoms with van der Waals surface area (Å²) in [6.07, 6.45) is 6.50. The zero-order chi connectivity index (χ0) is 16.5. The maximum absolute atomic E-state index is 12.1. The Kier molecular flexibility index (Phi) is 5.35. The monoisotopic (exact) mass is 324 g/mol. The molecule has 2 atom stereocenters. The lowest BCUT2D eigenvalue weighted by Crippen LogP contribution is -2.52. The number of carbonyl (C=O) groups excluding carboxylic acids is 1. The molecule has 1 spiro atoms. The Morgan fingerprint density at radius 1 is 1.18 bits per heavy atom. The van der Waals surface area contributed by atoms with E-state index in [1.807, 2.05) is 6.08 Å². The van der Waals surface area contributed by atoms with Crippen molar-refractivity contribution in [3.63, 3.8) is 0 Å². The normalized spacial score (nSPS) is 29.5. The first-order chi connectivity index (χ1) is 10.2. The van der Waals surface area contributed by atoms with E-state index in [0.717, 1.165) is 12.8 Å². The molecular weight excluding hydrogens is 292 g/mol. The van der Waals surface area contributed by atoms with Gasteiger partial charge in [-0.05, 0) is 35.5 Å². The molecule has 4 heteroatoms. The van der Waals surface area contributed by atoms with Crippen molar-refractivity contribution in [2.75, 3.05) is 6.61 Å². The summed E-state index contributed by atoms with van der Waals surface area (Å²) in [7, 11) is -1.90. The number of ether oxygens (including phenoxy) is 1. The Hall–Kier alpha value is -0.453. The average Bonchev–Trinajstić information content (AvgIpc) is 2.78. The molecule has 3 nitrogen and oxygen atoms in total. The highest BCUT2D eigenvalue weighted by Crippen LogP contribution is 2.44. The fourth-order valence-corrected chi connectivity index (χ4v) is 10.0. The van der Waals surface area contributed by atoms with Crippen LogP contribution < -0.4 is 0 Å². The van der Waals surface area contributed by atoms with Gasteiger partial charge in [0.05, 0.1) is 12.7 Å². The van der Waals surface area contributed by atoms with Crippen molar-refractivity contribution >= 4 is 14.1 Å². The fraction of sp³-hybridized carbons (Fsp3) is 0.833. The Balaban J connectivity index is 2.16. The predicted octanol–water partition coefficient (Wildman–Crippen LogP) is 4.63. The summed E-state index contributed by atoms with van der Waals surface area (Å²) in [6, 6.07) is 0. The van der Waals surface area contributed by atoms with Crippen molar-refractivity contribution in [3.8, 4) is 0 Å². The van der Waals surface area contributed by atoms with Crippen LogP contribution in [0.3, 0.4) is 0 Å². The first-order valence-corrected chi connectivity index (χ1v) is 10.9. The van der Waals surface area contributed by atoms with E-state index in [2.05, 4.69) is 47.6 Å². The van der Waals surface area contributed by atoms with Crippen LogP contribution in [0.4, 0.5) is 0 Å². The van der Waals surface area contributed by atoms with Crippen molar-refractivity contribution in [2.45, 2.75) is 89.1 Å². The molecule has 0 saturated heterocycles. The lowest BCUT2D eigenvalue weighted by Gasteiger charge is -2.45. The summed E-state index contributed by atoms with van der Waals surface area (Å²) in [4.78, 5) is 12.1. The fourth-order valence-electron chi connectivity index (χ4n) is 4.53. The van der Waals surface area contributed by atoms with Crippen LogP contribution >= 0.6 is 0 Å². The summed E-state index contributed by atoms with van der Waals surface area (Å²) in [6.45, 7) is 14.3. The van der Waals surface area contributed by atoms with Gasteiger partial charge in [0.25, 0.3) is 0 Å². The number of carbonyl (C=O) groups is 1. The minimum atomic E-state index is -1.90. The SMILES string of the molecule is CC(C)[Si](O[C@H]1C=CC2(CCCC2=O)OC1)(C(C)C)C(C)C. The molecule has 2 rings (SSSR count). The van der Waals surface area contributed by atoms with E-state index >= 15 is 0 Å². The van der Waals surface area contributed by atoms with Gasteiger partial charge in [-0.2, -0.15) is 0 Å². The number of hydrogen-bond donors (Lipinski definition) is 0. The smallest absolute Gasteiger partial charge is 0.201 e. The molecule has 2 aliphatic rings. The summed E-state index contributed by atoms with van der Waals surface area (Å²) in [5, 5.41) is 0. The lowest BCUT2D eigenvalue weighted by atomic mass is 9.97. The Morgan fingerprint density at radius 2 is 1.77 bits per heavy atom. The second-order valence-corrected chi connectivity index (χ2v) is 13.2. The number of hydrogen-bond acceptors (Lipinski definition) is 3. The standard InChI is InChI=1S/C18H32O3Si/c1-13(2)22(14(3)4,15(5)6)21-16-9-11-18(20-12-16)10-7-8-17(18)19/h9,11,13-16H,7-8,10,12H2,1-6H3/t16-,18?/m0/s1. The minimum absolute atomic E-state index is 0.00195. The van der Waals surface area contributed by atoms with E-state index in [1.54, 1.807) is 0 Å². The lowest BCUT2D eigenvalue weighted by molar-refractivity contribution is -0.138. The highest BCUT2D eigenvalue weighted by atomic mass is 28.4. The third-order valence-corrected chi connectivity index (χ3v) is 11.7. The van der Waals surface area contributed by atoms with Crippen LogP contribution in [-0.2, 0) is 14.0 Å².